The molecule has 4 nitrogen and oxygen atoms in total. The average molecular weight is 395 g/mol. The van der Waals surface area contributed by atoms with Gasteiger partial charge in [-0.25, -0.2) is 9.59 Å². The van der Waals surface area contributed by atoms with E-state index in [0.29, 0.717) is 0 Å². The molecule has 0 aromatic heterocycles. The van der Waals surface area contributed by atoms with Gasteiger partial charge in [0.05, 0.1) is 0 Å². The first-order valence-electron chi connectivity index (χ1n) is 6.75. The molecule has 0 aliphatic heterocycles. The highest BCUT2D eigenvalue weighted by atomic mass is 32.2. The lowest BCUT2D eigenvalue weighted by atomic mass is 10.4. The van der Waals surface area contributed by atoms with Crippen LogP contribution in [0, 0.1) is 0 Å². The van der Waals surface area contributed by atoms with Crippen molar-refractivity contribution in [1.82, 2.24) is 0 Å². The molecule has 0 spiro atoms. The van der Waals surface area contributed by atoms with Gasteiger partial charge >= 0.3 is 11.9 Å². The minimum Gasteiger partial charge on any atom is -0.478 e. The van der Waals surface area contributed by atoms with Crippen LogP contribution >= 0.6 is 37.0 Å². The Balaban J connectivity index is 0.000000480. The number of benzene rings is 2. The summed E-state index contributed by atoms with van der Waals surface area (Å²) in [5.74, 6) is -1.96. The van der Waals surface area contributed by atoms with Crippen LogP contribution in [0.2, 0.25) is 0 Å². The molecule has 0 aliphatic rings. The summed E-state index contributed by atoms with van der Waals surface area (Å²) in [6, 6.07) is 16.3. The third-order valence-electron chi connectivity index (χ3n) is 2.26. The van der Waals surface area contributed by atoms with Gasteiger partial charge in [0.1, 0.15) is 0 Å². The Hall–Kier alpha value is -2.09. The van der Waals surface area contributed by atoms with Crippen LogP contribution in [-0.4, -0.2) is 22.2 Å². The van der Waals surface area contributed by atoms with Crippen molar-refractivity contribution in [2.24, 2.45) is 0 Å². The Labute approximate surface area is 162 Å². The van der Waals surface area contributed by atoms with Crippen LogP contribution in [0.4, 0.5) is 0 Å². The van der Waals surface area contributed by atoms with Gasteiger partial charge in [-0.2, -0.15) is 0 Å². The van der Waals surface area contributed by atoms with Crippen molar-refractivity contribution in [3.8, 4) is 0 Å². The topological polar surface area (TPSA) is 74.6 Å². The summed E-state index contributed by atoms with van der Waals surface area (Å²) in [4.78, 5) is 22.9. The van der Waals surface area contributed by atoms with E-state index in [1.165, 1.54) is 9.79 Å². The fourth-order valence-electron chi connectivity index (χ4n) is 1.16. The Morgan fingerprint density at radius 1 is 0.760 bits per heavy atom. The molecule has 25 heavy (non-hydrogen) atoms. The Bertz CT molecular complexity index is 634. The third kappa shape index (κ3) is 12.9. The quantitative estimate of drug-likeness (QED) is 0.437. The number of carboxylic acid groups (broad SMARTS) is 2. The molecule has 0 aliphatic carbocycles. The fraction of sp³-hybridized carbons (Fsp3) is 0. The van der Waals surface area contributed by atoms with Gasteiger partial charge in [-0.3, -0.25) is 0 Å². The normalized spacial score (nSPS) is 8.72. The molecule has 0 radical (unpaired) electrons. The van der Waals surface area contributed by atoms with Crippen molar-refractivity contribution < 1.29 is 19.8 Å². The molecule has 2 rings (SSSR count). The summed E-state index contributed by atoms with van der Waals surface area (Å²) in [5, 5.41) is 15.2. The zero-order chi connectivity index (χ0) is 19.2. The zero-order valence-corrected chi connectivity index (χ0v) is 15.8. The molecule has 0 amide bonds. The predicted octanol–water partition coefficient (Wildman–Crippen LogP) is 4.93. The standard InChI is InChI=1S/C12H10S3.2C3H4O2/c13-9-1-5-11(6-2-9)15-12-7-3-10(14)4-8-12;2*1-2-3(4)5/h1-8,13-14H;2*2H,1H2,(H,4,5). The smallest absolute Gasteiger partial charge is 0.327 e. The SMILES string of the molecule is C=CC(=O)O.C=CC(=O)O.Sc1ccc(Sc2ccc(S)cc2)cc1. The molecule has 0 saturated carbocycles. The molecule has 132 valence electrons. The number of rotatable bonds is 4. The van der Waals surface area contributed by atoms with Crippen molar-refractivity contribution in [3.63, 3.8) is 0 Å². The van der Waals surface area contributed by atoms with Gasteiger partial charge in [-0.05, 0) is 48.5 Å². The maximum atomic E-state index is 9.25. The van der Waals surface area contributed by atoms with E-state index < -0.39 is 11.9 Å². The summed E-state index contributed by atoms with van der Waals surface area (Å²) >= 11 is 10.2. The first-order valence-corrected chi connectivity index (χ1v) is 8.46. The number of thiol groups is 2. The first-order chi connectivity index (χ1) is 11.8. The van der Waals surface area contributed by atoms with Crippen LogP contribution in [0.5, 0.6) is 0 Å². The van der Waals surface area contributed by atoms with Crippen LogP contribution in [0.3, 0.4) is 0 Å². The molecule has 0 atom stereocenters. The van der Waals surface area contributed by atoms with Gasteiger partial charge in [-0.1, -0.05) is 24.9 Å². The molecule has 7 heteroatoms. The molecule has 0 fully saturated rings. The van der Waals surface area contributed by atoms with Crippen LogP contribution in [0.25, 0.3) is 0 Å². The van der Waals surface area contributed by atoms with E-state index in [1.54, 1.807) is 11.8 Å². The minimum atomic E-state index is -0.981. The third-order valence-corrected chi connectivity index (χ3v) is 3.87. The molecule has 0 heterocycles. The van der Waals surface area contributed by atoms with Crippen molar-refractivity contribution in [3.05, 3.63) is 73.8 Å². The Morgan fingerprint density at radius 2 is 1.00 bits per heavy atom. The van der Waals surface area contributed by atoms with Gasteiger partial charge in [0, 0.05) is 31.7 Å². The number of hydrogen-bond acceptors (Lipinski definition) is 5. The maximum absolute atomic E-state index is 9.25. The van der Waals surface area contributed by atoms with E-state index >= 15 is 0 Å². The monoisotopic (exact) mass is 394 g/mol. The Morgan fingerprint density at radius 3 is 1.20 bits per heavy atom. The number of carboxylic acids is 2. The molecular weight excluding hydrogens is 376 g/mol. The van der Waals surface area contributed by atoms with Crippen LogP contribution in [-0.2, 0) is 9.59 Å². The highest BCUT2D eigenvalue weighted by molar-refractivity contribution is 7.99. The molecule has 2 aromatic carbocycles. The minimum absolute atomic E-state index is 0.833. The van der Waals surface area contributed by atoms with Crippen LogP contribution in [0.1, 0.15) is 0 Å². The van der Waals surface area contributed by atoms with E-state index in [1.807, 2.05) is 24.3 Å². The van der Waals surface area contributed by atoms with E-state index in [0.717, 1.165) is 21.9 Å². The van der Waals surface area contributed by atoms with Crippen molar-refractivity contribution in [2.75, 3.05) is 0 Å². The molecule has 0 saturated heterocycles. The average Bonchev–Trinajstić information content (AvgIpc) is 2.60. The predicted molar refractivity (Wildman–Crippen MR) is 107 cm³/mol. The van der Waals surface area contributed by atoms with Gasteiger partial charge < -0.3 is 10.2 Å². The van der Waals surface area contributed by atoms with Crippen LogP contribution in [0.15, 0.2) is 93.4 Å². The lowest BCUT2D eigenvalue weighted by Crippen LogP contribution is -1.82. The lowest BCUT2D eigenvalue weighted by Gasteiger charge is -2.01. The number of carbonyl (C=O) groups is 2. The highest BCUT2D eigenvalue weighted by Crippen LogP contribution is 2.28. The van der Waals surface area contributed by atoms with Gasteiger partial charge in [0.2, 0.25) is 0 Å². The summed E-state index contributed by atoms with van der Waals surface area (Å²) in [6.07, 6.45) is 1.67. The van der Waals surface area contributed by atoms with E-state index in [9.17, 15) is 9.59 Å². The summed E-state index contributed by atoms with van der Waals surface area (Å²) in [5.41, 5.74) is 0. The molecule has 2 aromatic rings. The van der Waals surface area contributed by atoms with Crippen LogP contribution < -0.4 is 0 Å². The number of aliphatic carboxylic acids is 2. The fourth-order valence-corrected chi connectivity index (χ4v) is 2.28. The summed E-state index contributed by atoms with van der Waals surface area (Å²) in [7, 11) is 0. The lowest BCUT2D eigenvalue weighted by molar-refractivity contribution is -0.132. The zero-order valence-electron chi connectivity index (χ0n) is 13.2. The van der Waals surface area contributed by atoms with Crippen molar-refractivity contribution >= 4 is 49.0 Å². The second kappa shape index (κ2) is 13.2. The largest absolute Gasteiger partial charge is 0.478 e. The van der Waals surface area contributed by atoms with E-state index in [2.05, 4.69) is 62.7 Å². The summed E-state index contributed by atoms with van der Waals surface area (Å²) in [6.45, 7) is 5.92. The van der Waals surface area contributed by atoms with Gasteiger partial charge in [0.15, 0.2) is 0 Å². The van der Waals surface area contributed by atoms with E-state index in [-0.39, 0.29) is 0 Å². The second-order valence-corrected chi connectivity index (χ2v) is 6.35. The molecular formula is C18H18O4S3. The first kappa shape index (κ1) is 22.9. The molecule has 2 N–H and O–H groups in total. The maximum Gasteiger partial charge on any atom is 0.327 e. The van der Waals surface area contributed by atoms with Crippen molar-refractivity contribution in [2.45, 2.75) is 19.6 Å². The van der Waals surface area contributed by atoms with Gasteiger partial charge in [-0.15, -0.1) is 25.3 Å². The molecule has 0 unspecified atom stereocenters. The van der Waals surface area contributed by atoms with E-state index in [4.69, 9.17) is 10.2 Å². The highest BCUT2D eigenvalue weighted by Gasteiger charge is 1.96. The second-order valence-electron chi connectivity index (χ2n) is 4.17. The van der Waals surface area contributed by atoms with Crippen molar-refractivity contribution in [1.29, 1.82) is 0 Å². The van der Waals surface area contributed by atoms with Gasteiger partial charge in [0.25, 0.3) is 0 Å². The Kier molecular flexibility index (Phi) is 12.1. The summed E-state index contributed by atoms with van der Waals surface area (Å²) < 4.78 is 0. The number of hydrogen-bond donors (Lipinski definition) is 4. The molecule has 0 bridgehead atoms.